The number of nitrogens with one attached hydrogen (secondary N) is 1. The van der Waals surface area contributed by atoms with Crippen LogP contribution in [0.4, 0.5) is 5.69 Å². The first-order chi connectivity index (χ1) is 10.2. The van der Waals surface area contributed by atoms with Crippen molar-refractivity contribution in [1.29, 1.82) is 0 Å². The Morgan fingerprint density at radius 3 is 2.52 bits per heavy atom. The number of pyridine rings is 1. The number of aryl methyl sites for hydroxylation is 1. The molecular formula is C16H13N3OS. The molecule has 4 nitrogen and oxygen atoms in total. The van der Waals surface area contributed by atoms with Gasteiger partial charge in [-0.25, -0.2) is 4.98 Å². The second kappa shape index (κ2) is 5.85. The van der Waals surface area contributed by atoms with Crippen molar-refractivity contribution in [3.8, 4) is 11.3 Å². The van der Waals surface area contributed by atoms with E-state index >= 15 is 0 Å². The molecule has 0 aliphatic heterocycles. The van der Waals surface area contributed by atoms with Crippen LogP contribution < -0.4 is 5.32 Å². The Hall–Kier alpha value is -2.53. The Bertz CT molecular complexity index is 754. The van der Waals surface area contributed by atoms with Crippen molar-refractivity contribution >= 4 is 22.9 Å². The second-order valence-electron chi connectivity index (χ2n) is 4.47. The lowest BCUT2D eigenvalue weighted by atomic mass is 10.1. The van der Waals surface area contributed by atoms with Crippen molar-refractivity contribution in [1.82, 2.24) is 9.97 Å². The van der Waals surface area contributed by atoms with Gasteiger partial charge in [-0.05, 0) is 19.1 Å². The number of amides is 1. The molecule has 1 amide bonds. The summed E-state index contributed by atoms with van der Waals surface area (Å²) in [4.78, 5) is 21.5. The van der Waals surface area contributed by atoms with Crippen molar-refractivity contribution < 1.29 is 4.79 Å². The third-order valence-electron chi connectivity index (χ3n) is 2.93. The van der Waals surface area contributed by atoms with E-state index in [9.17, 15) is 4.79 Å². The first-order valence-electron chi connectivity index (χ1n) is 6.48. The molecular weight excluding hydrogens is 282 g/mol. The van der Waals surface area contributed by atoms with E-state index in [1.807, 2.05) is 37.3 Å². The minimum Gasteiger partial charge on any atom is -0.321 e. The van der Waals surface area contributed by atoms with Gasteiger partial charge in [0.15, 0.2) is 0 Å². The number of thiazole rings is 1. The van der Waals surface area contributed by atoms with Gasteiger partial charge in [0.05, 0.1) is 10.7 Å². The molecule has 0 saturated heterocycles. The summed E-state index contributed by atoms with van der Waals surface area (Å²) in [6.07, 6.45) is 3.29. The average molecular weight is 295 g/mol. The first kappa shape index (κ1) is 13.5. The van der Waals surface area contributed by atoms with E-state index in [0.29, 0.717) is 4.88 Å². The Kier molecular flexibility index (Phi) is 3.75. The summed E-state index contributed by atoms with van der Waals surface area (Å²) < 4.78 is 0. The maximum absolute atomic E-state index is 12.5. The fraction of sp³-hybridized carbons (Fsp3) is 0.0625. The maximum atomic E-state index is 12.5. The summed E-state index contributed by atoms with van der Waals surface area (Å²) in [5, 5.41) is 3.74. The highest BCUT2D eigenvalue weighted by Crippen LogP contribution is 2.28. The van der Waals surface area contributed by atoms with Crippen LogP contribution in [0.2, 0.25) is 0 Å². The van der Waals surface area contributed by atoms with Crippen molar-refractivity contribution in [2.45, 2.75) is 6.92 Å². The molecule has 0 fully saturated rings. The van der Waals surface area contributed by atoms with Gasteiger partial charge in [-0.3, -0.25) is 9.78 Å². The van der Waals surface area contributed by atoms with Gasteiger partial charge in [-0.2, -0.15) is 0 Å². The van der Waals surface area contributed by atoms with Gasteiger partial charge in [0.25, 0.3) is 5.91 Å². The zero-order chi connectivity index (χ0) is 14.7. The Labute approximate surface area is 126 Å². The molecule has 3 aromatic rings. The quantitative estimate of drug-likeness (QED) is 0.800. The lowest BCUT2D eigenvalue weighted by Gasteiger charge is -2.04. The van der Waals surface area contributed by atoms with E-state index in [0.717, 1.165) is 22.0 Å². The molecule has 0 spiro atoms. The van der Waals surface area contributed by atoms with Gasteiger partial charge >= 0.3 is 0 Å². The molecule has 0 atom stereocenters. The average Bonchev–Trinajstić information content (AvgIpc) is 2.91. The van der Waals surface area contributed by atoms with E-state index in [2.05, 4.69) is 15.3 Å². The van der Waals surface area contributed by atoms with Gasteiger partial charge in [-0.15, -0.1) is 11.3 Å². The van der Waals surface area contributed by atoms with Crippen molar-refractivity contribution in [3.63, 3.8) is 0 Å². The number of benzene rings is 1. The Morgan fingerprint density at radius 1 is 1.10 bits per heavy atom. The van der Waals surface area contributed by atoms with E-state index in [-0.39, 0.29) is 5.91 Å². The molecule has 0 saturated carbocycles. The van der Waals surface area contributed by atoms with Gasteiger partial charge in [-0.1, -0.05) is 30.3 Å². The van der Waals surface area contributed by atoms with Gasteiger partial charge in [0, 0.05) is 23.6 Å². The fourth-order valence-corrected chi connectivity index (χ4v) is 2.83. The minimum atomic E-state index is -0.148. The number of anilines is 1. The topological polar surface area (TPSA) is 54.9 Å². The predicted octanol–water partition coefficient (Wildman–Crippen LogP) is 3.77. The standard InChI is InChI=1S/C16H13N3OS/c1-11-18-14(12-5-3-2-4-6-12)15(21-11)16(20)19-13-7-9-17-10-8-13/h2-10H,1H3,(H,17,19,20). The molecule has 0 radical (unpaired) electrons. The largest absolute Gasteiger partial charge is 0.321 e. The number of aromatic nitrogens is 2. The van der Waals surface area contributed by atoms with Gasteiger partial charge < -0.3 is 5.32 Å². The molecule has 1 aromatic carbocycles. The number of rotatable bonds is 3. The predicted molar refractivity (Wildman–Crippen MR) is 84.5 cm³/mol. The zero-order valence-electron chi connectivity index (χ0n) is 11.4. The number of carbonyl (C=O) groups excluding carboxylic acids is 1. The monoisotopic (exact) mass is 295 g/mol. The highest BCUT2D eigenvalue weighted by atomic mass is 32.1. The van der Waals surface area contributed by atoms with E-state index in [1.165, 1.54) is 11.3 Å². The molecule has 0 bridgehead atoms. The Balaban J connectivity index is 1.94. The van der Waals surface area contributed by atoms with Crippen LogP contribution in [0.25, 0.3) is 11.3 Å². The van der Waals surface area contributed by atoms with E-state index < -0.39 is 0 Å². The van der Waals surface area contributed by atoms with Crippen LogP contribution in [0.3, 0.4) is 0 Å². The van der Waals surface area contributed by atoms with Crippen LogP contribution in [-0.2, 0) is 0 Å². The van der Waals surface area contributed by atoms with E-state index in [1.54, 1.807) is 24.5 Å². The van der Waals surface area contributed by atoms with Crippen LogP contribution in [0.5, 0.6) is 0 Å². The van der Waals surface area contributed by atoms with Crippen LogP contribution >= 0.6 is 11.3 Å². The molecule has 2 heterocycles. The SMILES string of the molecule is Cc1nc(-c2ccccc2)c(C(=O)Nc2ccncc2)s1. The number of hydrogen-bond acceptors (Lipinski definition) is 4. The summed E-state index contributed by atoms with van der Waals surface area (Å²) in [6, 6.07) is 13.2. The number of nitrogens with zero attached hydrogens (tertiary/aromatic N) is 2. The molecule has 0 aliphatic rings. The first-order valence-corrected chi connectivity index (χ1v) is 7.30. The second-order valence-corrected chi connectivity index (χ2v) is 5.67. The summed E-state index contributed by atoms with van der Waals surface area (Å²) in [5.41, 5.74) is 2.39. The van der Waals surface area contributed by atoms with Gasteiger partial charge in [0.1, 0.15) is 4.88 Å². The fourth-order valence-electron chi connectivity index (χ4n) is 2.00. The van der Waals surface area contributed by atoms with Gasteiger partial charge in [0.2, 0.25) is 0 Å². The smallest absolute Gasteiger partial charge is 0.268 e. The summed E-state index contributed by atoms with van der Waals surface area (Å²) in [7, 11) is 0. The molecule has 21 heavy (non-hydrogen) atoms. The van der Waals surface area contributed by atoms with Crippen molar-refractivity contribution in [2.24, 2.45) is 0 Å². The zero-order valence-corrected chi connectivity index (χ0v) is 12.2. The van der Waals surface area contributed by atoms with E-state index in [4.69, 9.17) is 0 Å². The minimum absolute atomic E-state index is 0.148. The molecule has 0 unspecified atom stereocenters. The van der Waals surface area contributed by atoms with Crippen LogP contribution in [0.1, 0.15) is 14.7 Å². The maximum Gasteiger partial charge on any atom is 0.268 e. The lowest BCUT2D eigenvalue weighted by molar-refractivity contribution is 0.103. The third-order valence-corrected chi connectivity index (χ3v) is 3.90. The number of hydrogen-bond donors (Lipinski definition) is 1. The Morgan fingerprint density at radius 2 is 1.81 bits per heavy atom. The highest BCUT2D eigenvalue weighted by molar-refractivity contribution is 7.14. The molecule has 1 N–H and O–H groups in total. The molecule has 3 rings (SSSR count). The summed E-state index contributed by atoms with van der Waals surface area (Å²) in [5.74, 6) is -0.148. The van der Waals surface area contributed by atoms with Crippen LogP contribution in [-0.4, -0.2) is 15.9 Å². The molecule has 0 aliphatic carbocycles. The molecule has 5 heteroatoms. The summed E-state index contributed by atoms with van der Waals surface area (Å²) in [6.45, 7) is 1.90. The third kappa shape index (κ3) is 2.98. The lowest BCUT2D eigenvalue weighted by Crippen LogP contribution is -2.11. The van der Waals surface area contributed by atoms with Crippen molar-refractivity contribution in [2.75, 3.05) is 5.32 Å². The van der Waals surface area contributed by atoms with Crippen molar-refractivity contribution in [3.05, 3.63) is 64.7 Å². The highest BCUT2D eigenvalue weighted by Gasteiger charge is 2.18. The van der Waals surface area contributed by atoms with Crippen LogP contribution in [0, 0.1) is 6.92 Å². The molecule has 2 aromatic heterocycles. The normalized spacial score (nSPS) is 10.3. The molecule has 104 valence electrons. The van der Waals surface area contributed by atoms with Crippen LogP contribution in [0.15, 0.2) is 54.9 Å². The summed E-state index contributed by atoms with van der Waals surface area (Å²) >= 11 is 1.40. The number of carbonyl (C=O) groups is 1.